The fourth-order valence-corrected chi connectivity index (χ4v) is 2.72. The molecule has 0 fully saturated rings. The van der Waals surface area contributed by atoms with Gasteiger partial charge in [-0.25, -0.2) is 0 Å². The summed E-state index contributed by atoms with van der Waals surface area (Å²) < 4.78 is 0. The third-order valence-electron chi connectivity index (χ3n) is 4.44. The van der Waals surface area contributed by atoms with Crippen molar-refractivity contribution in [1.82, 2.24) is 5.32 Å². The van der Waals surface area contributed by atoms with Crippen molar-refractivity contribution in [3.8, 4) is 0 Å². The van der Waals surface area contributed by atoms with Crippen LogP contribution in [0.3, 0.4) is 0 Å². The number of carbonyl (C=O) groups excluding carboxylic acids is 1. The first-order chi connectivity index (χ1) is 12.7. The second kappa shape index (κ2) is 18.7. The summed E-state index contributed by atoms with van der Waals surface area (Å²) in [5, 5.41) is 22.2. The summed E-state index contributed by atoms with van der Waals surface area (Å²) in [6.07, 6.45) is 19.9. The first-order valence-electron chi connectivity index (χ1n) is 10.6. The highest BCUT2D eigenvalue weighted by molar-refractivity contribution is 5.76. The molecular weight excluding hydrogens is 326 g/mol. The Morgan fingerprint density at radius 2 is 1.50 bits per heavy atom. The number of amides is 1. The van der Waals surface area contributed by atoms with Crippen LogP contribution in [0.4, 0.5) is 0 Å². The summed E-state index contributed by atoms with van der Waals surface area (Å²) in [5.41, 5.74) is 0. The second-order valence-electron chi connectivity index (χ2n) is 6.98. The Hall–Kier alpha value is -1.13. The molecule has 0 aliphatic carbocycles. The standard InChI is InChI=1S/C22H41NO3/c1-3-5-7-9-10-11-12-13-14-15-17-21(25)20(19-24)23-22(26)18-16-8-6-4-2/h11-12,15,17,20-21,24-25H,3-10,13-14,16,18-19H2,1-2H3,(H,23,26)/b12-11+,17-15+. The molecule has 0 saturated heterocycles. The van der Waals surface area contributed by atoms with Crippen LogP contribution in [0.15, 0.2) is 24.3 Å². The van der Waals surface area contributed by atoms with E-state index in [1.165, 1.54) is 25.7 Å². The monoisotopic (exact) mass is 367 g/mol. The van der Waals surface area contributed by atoms with Crippen LogP contribution in [-0.2, 0) is 4.79 Å². The minimum Gasteiger partial charge on any atom is -0.394 e. The van der Waals surface area contributed by atoms with Gasteiger partial charge in [-0.2, -0.15) is 0 Å². The summed E-state index contributed by atoms with van der Waals surface area (Å²) in [6.45, 7) is 4.09. The number of aliphatic hydroxyl groups is 2. The summed E-state index contributed by atoms with van der Waals surface area (Å²) in [4.78, 5) is 11.9. The van der Waals surface area contributed by atoms with E-state index in [0.717, 1.165) is 44.9 Å². The molecule has 0 aromatic heterocycles. The molecule has 2 unspecified atom stereocenters. The molecule has 0 rings (SSSR count). The Labute approximate surface area is 160 Å². The molecule has 2 atom stereocenters. The molecule has 4 nitrogen and oxygen atoms in total. The smallest absolute Gasteiger partial charge is 0.220 e. The lowest BCUT2D eigenvalue weighted by molar-refractivity contribution is -0.123. The molecule has 0 aromatic rings. The maximum atomic E-state index is 11.9. The predicted octanol–water partition coefficient (Wildman–Crippen LogP) is 4.66. The quantitative estimate of drug-likeness (QED) is 0.259. The van der Waals surface area contributed by atoms with Crippen molar-refractivity contribution >= 4 is 5.91 Å². The fraction of sp³-hybridized carbons (Fsp3) is 0.773. The predicted molar refractivity (Wildman–Crippen MR) is 110 cm³/mol. The van der Waals surface area contributed by atoms with Gasteiger partial charge in [0, 0.05) is 6.42 Å². The molecule has 0 spiro atoms. The highest BCUT2D eigenvalue weighted by atomic mass is 16.3. The minimum absolute atomic E-state index is 0.0985. The van der Waals surface area contributed by atoms with E-state index in [0.29, 0.717) is 6.42 Å². The van der Waals surface area contributed by atoms with E-state index in [1.54, 1.807) is 6.08 Å². The van der Waals surface area contributed by atoms with E-state index in [1.807, 2.05) is 6.08 Å². The number of hydrogen-bond acceptors (Lipinski definition) is 3. The van der Waals surface area contributed by atoms with Gasteiger partial charge in [0.2, 0.25) is 5.91 Å². The van der Waals surface area contributed by atoms with Crippen LogP contribution in [0, 0.1) is 0 Å². The summed E-state index contributed by atoms with van der Waals surface area (Å²) >= 11 is 0. The van der Waals surface area contributed by atoms with Gasteiger partial charge in [-0.1, -0.05) is 76.7 Å². The number of rotatable bonds is 17. The number of nitrogens with one attached hydrogen (secondary N) is 1. The second-order valence-corrected chi connectivity index (χ2v) is 6.98. The Morgan fingerprint density at radius 1 is 0.885 bits per heavy atom. The summed E-state index contributed by atoms with van der Waals surface area (Å²) in [5.74, 6) is -0.0985. The van der Waals surface area contributed by atoms with Gasteiger partial charge in [0.1, 0.15) is 0 Å². The fourth-order valence-electron chi connectivity index (χ4n) is 2.72. The SMILES string of the molecule is CCCCCC/C=C/CC/C=C/C(O)C(CO)NC(=O)CCCCCC. The maximum absolute atomic E-state index is 11.9. The van der Waals surface area contributed by atoms with E-state index in [2.05, 4.69) is 31.3 Å². The van der Waals surface area contributed by atoms with Crippen molar-refractivity contribution in [1.29, 1.82) is 0 Å². The normalized spacial score (nSPS) is 14.2. The van der Waals surface area contributed by atoms with E-state index < -0.39 is 12.1 Å². The van der Waals surface area contributed by atoms with Gasteiger partial charge in [0.25, 0.3) is 0 Å². The Bertz CT molecular complexity index is 380. The van der Waals surface area contributed by atoms with Crippen molar-refractivity contribution in [3.63, 3.8) is 0 Å². The van der Waals surface area contributed by atoms with Gasteiger partial charge >= 0.3 is 0 Å². The topological polar surface area (TPSA) is 69.6 Å². The van der Waals surface area contributed by atoms with Gasteiger partial charge in [0.05, 0.1) is 18.8 Å². The third-order valence-corrected chi connectivity index (χ3v) is 4.44. The van der Waals surface area contributed by atoms with E-state index in [-0.39, 0.29) is 12.5 Å². The molecular formula is C22H41NO3. The molecule has 0 radical (unpaired) electrons. The molecule has 3 N–H and O–H groups in total. The lowest BCUT2D eigenvalue weighted by Gasteiger charge is -2.19. The number of carbonyl (C=O) groups is 1. The number of unbranched alkanes of at least 4 members (excludes halogenated alkanes) is 8. The summed E-state index contributed by atoms with van der Waals surface area (Å²) in [6, 6.07) is -0.626. The summed E-state index contributed by atoms with van der Waals surface area (Å²) in [7, 11) is 0. The average Bonchev–Trinajstić information content (AvgIpc) is 2.64. The first-order valence-corrected chi connectivity index (χ1v) is 10.6. The highest BCUT2D eigenvalue weighted by Crippen LogP contribution is 2.05. The number of hydrogen-bond donors (Lipinski definition) is 3. The number of aliphatic hydroxyl groups excluding tert-OH is 2. The zero-order valence-electron chi connectivity index (χ0n) is 17.0. The van der Waals surface area contributed by atoms with Crippen LogP contribution in [0.2, 0.25) is 0 Å². The van der Waals surface area contributed by atoms with Crippen LogP contribution < -0.4 is 5.32 Å². The van der Waals surface area contributed by atoms with Crippen LogP contribution in [-0.4, -0.2) is 34.9 Å². The molecule has 26 heavy (non-hydrogen) atoms. The van der Waals surface area contributed by atoms with Crippen LogP contribution >= 0.6 is 0 Å². The molecule has 0 aliphatic heterocycles. The molecule has 0 saturated carbocycles. The molecule has 0 aromatic carbocycles. The van der Waals surface area contributed by atoms with Gasteiger partial charge in [0.15, 0.2) is 0 Å². The lowest BCUT2D eigenvalue weighted by Crippen LogP contribution is -2.45. The molecule has 0 bridgehead atoms. The molecule has 1 amide bonds. The maximum Gasteiger partial charge on any atom is 0.220 e. The largest absolute Gasteiger partial charge is 0.394 e. The minimum atomic E-state index is -0.849. The molecule has 152 valence electrons. The van der Waals surface area contributed by atoms with Crippen LogP contribution in [0.5, 0.6) is 0 Å². The third kappa shape index (κ3) is 15.2. The zero-order valence-corrected chi connectivity index (χ0v) is 17.0. The van der Waals surface area contributed by atoms with Crippen molar-refractivity contribution in [2.75, 3.05) is 6.61 Å². The van der Waals surface area contributed by atoms with E-state index >= 15 is 0 Å². The molecule has 0 aliphatic rings. The molecule has 0 heterocycles. The van der Waals surface area contributed by atoms with Crippen molar-refractivity contribution in [2.45, 2.75) is 103 Å². The zero-order chi connectivity index (χ0) is 19.5. The average molecular weight is 368 g/mol. The highest BCUT2D eigenvalue weighted by Gasteiger charge is 2.17. The van der Waals surface area contributed by atoms with E-state index in [4.69, 9.17) is 0 Å². The Balaban J connectivity index is 3.90. The van der Waals surface area contributed by atoms with E-state index in [9.17, 15) is 15.0 Å². The lowest BCUT2D eigenvalue weighted by atomic mass is 10.1. The van der Waals surface area contributed by atoms with Crippen LogP contribution in [0.25, 0.3) is 0 Å². The van der Waals surface area contributed by atoms with Crippen molar-refractivity contribution < 1.29 is 15.0 Å². The van der Waals surface area contributed by atoms with Gasteiger partial charge < -0.3 is 15.5 Å². The molecule has 4 heteroatoms. The van der Waals surface area contributed by atoms with Crippen molar-refractivity contribution in [3.05, 3.63) is 24.3 Å². The Kier molecular flexibility index (Phi) is 17.8. The first kappa shape index (κ1) is 24.9. The van der Waals surface area contributed by atoms with Gasteiger partial charge in [-0.3, -0.25) is 4.79 Å². The number of allylic oxidation sites excluding steroid dienone is 3. The Morgan fingerprint density at radius 3 is 2.15 bits per heavy atom. The van der Waals surface area contributed by atoms with Gasteiger partial charge in [-0.05, 0) is 32.1 Å². The van der Waals surface area contributed by atoms with Crippen LogP contribution in [0.1, 0.15) is 90.9 Å². The van der Waals surface area contributed by atoms with Gasteiger partial charge in [-0.15, -0.1) is 0 Å². The van der Waals surface area contributed by atoms with Crippen molar-refractivity contribution in [2.24, 2.45) is 0 Å².